The van der Waals surface area contributed by atoms with Crippen LogP contribution in [0, 0.1) is 0 Å². The number of pyridine rings is 1. The normalized spacial score (nSPS) is 10.6. The standard InChI is InChI=1S/C15H17ClN2O2/c1-3-17-9-11-4-6-13(18-15(11)19)10-5-7-14(20-2)12(16)8-10/h4-8,17H,3,9H2,1-2H3,(H,18,19). The van der Waals surface area contributed by atoms with Gasteiger partial charge in [0.2, 0.25) is 0 Å². The van der Waals surface area contributed by atoms with E-state index in [2.05, 4.69) is 10.3 Å². The highest BCUT2D eigenvalue weighted by Crippen LogP contribution is 2.28. The van der Waals surface area contributed by atoms with Crippen LogP contribution >= 0.6 is 11.6 Å². The highest BCUT2D eigenvalue weighted by atomic mass is 35.5. The minimum absolute atomic E-state index is 0.0876. The van der Waals surface area contributed by atoms with Crippen molar-refractivity contribution in [1.29, 1.82) is 0 Å². The van der Waals surface area contributed by atoms with Gasteiger partial charge in [0.1, 0.15) is 5.75 Å². The zero-order valence-corrected chi connectivity index (χ0v) is 12.3. The van der Waals surface area contributed by atoms with E-state index in [0.29, 0.717) is 17.3 Å². The molecule has 0 fully saturated rings. The molecule has 4 nitrogen and oxygen atoms in total. The fourth-order valence-corrected chi connectivity index (χ4v) is 2.16. The Hall–Kier alpha value is -1.78. The quantitative estimate of drug-likeness (QED) is 0.891. The van der Waals surface area contributed by atoms with Gasteiger partial charge in [-0.1, -0.05) is 24.6 Å². The summed E-state index contributed by atoms with van der Waals surface area (Å²) in [6.45, 7) is 3.40. The van der Waals surface area contributed by atoms with E-state index in [9.17, 15) is 4.79 Å². The topological polar surface area (TPSA) is 54.1 Å². The molecule has 106 valence electrons. The molecule has 1 heterocycles. The van der Waals surface area contributed by atoms with Crippen LogP contribution in [-0.2, 0) is 6.54 Å². The van der Waals surface area contributed by atoms with Crippen molar-refractivity contribution in [3.8, 4) is 17.0 Å². The molecule has 0 unspecified atom stereocenters. The number of H-pyrrole nitrogens is 1. The van der Waals surface area contributed by atoms with E-state index in [1.807, 2.05) is 25.1 Å². The number of halogens is 1. The van der Waals surface area contributed by atoms with E-state index in [1.54, 1.807) is 19.2 Å². The van der Waals surface area contributed by atoms with Crippen LogP contribution in [0.15, 0.2) is 35.1 Å². The molecule has 0 aliphatic rings. The SMILES string of the molecule is CCNCc1ccc(-c2ccc(OC)c(Cl)c2)[nH]c1=O. The molecule has 2 rings (SSSR count). The number of aromatic amines is 1. The zero-order valence-electron chi connectivity index (χ0n) is 11.5. The van der Waals surface area contributed by atoms with Gasteiger partial charge in [-0.3, -0.25) is 4.79 Å². The first kappa shape index (κ1) is 14.6. The lowest BCUT2D eigenvalue weighted by atomic mass is 10.1. The van der Waals surface area contributed by atoms with Gasteiger partial charge in [0.15, 0.2) is 0 Å². The van der Waals surface area contributed by atoms with Gasteiger partial charge in [-0.25, -0.2) is 0 Å². The summed E-state index contributed by atoms with van der Waals surface area (Å²) < 4.78 is 5.11. The predicted octanol–water partition coefficient (Wildman–Crippen LogP) is 2.81. The molecule has 2 N–H and O–H groups in total. The number of aromatic nitrogens is 1. The number of nitrogens with one attached hydrogen (secondary N) is 2. The molecular formula is C15H17ClN2O2. The summed E-state index contributed by atoms with van der Waals surface area (Å²) in [4.78, 5) is 14.8. The Kier molecular flexibility index (Phi) is 4.82. The monoisotopic (exact) mass is 292 g/mol. The Balaban J connectivity index is 2.32. The lowest BCUT2D eigenvalue weighted by Gasteiger charge is -2.07. The fourth-order valence-electron chi connectivity index (χ4n) is 1.91. The highest BCUT2D eigenvalue weighted by Gasteiger charge is 2.06. The van der Waals surface area contributed by atoms with Gasteiger partial charge >= 0.3 is 0 Å². The van der Waals surface area contributed by atoms with Crippen LogP contribution in [0.25, 0.3) is 11.3 Å². The molecule has 1 aromatic heterocycles. The predicted molar refractivity (Wildman–Crippen MR) is 81.4 cm³/mol. The van der Waals surface area contributed by atoms with Crippen molar-refractivity contribution in [2.24, 2.45) is 0 Å². The second-order valence-electron chi connectivity index (χ2n) is 4.36. The van der Waals surface area contributed by atoms with Crippen molar-refractivity contribution in [1.82, 2.24) is 10.3 Å². The van der Waals surface area contributed by atoms with Crippen LogP contribution < -0.4 is 15.6 Å². The van der Waals surface area contributed by atoms with Gasteiger partial charge < -0.3 is 15.0 Å². The average molecular weight is 293 g/mol. The Labute approximate surface area is 122 Å². The molecule has 5 heteroatoms. The molecule has 0 amide bonds. The molecule has 20 heavy (non-hydrogen) atoms. The van der Waals surface area contributed by atoms with Crippen LogP contribution in [-0.4, -0.2) is 18.6 Å². The second-order valence-corrected chi connectivity index (χ2v) is 4.76. The van der Waals surface area contributed by atoms with Gasteiger partial charge in [0.05, 0.1) is 12.1 Å². The van der Waals surface area contributed by atoms with Crippen LogP contribution in [0.5, 0.6) is 5.75 Å². The van der Waals surface area contributed by atoms with Crippen molar-refractivity contribution in [2.75, 3.05) is 13.7 Å². The highest BCUT2D eigenvalue weighted by molar-refractivity contribution is 6.32. The van der Waals surface area contributed by atoms with Crippen molar-refractivity contribution >= 4 is 11.6 Å². The lowest BCUT2D eigenvalue weighted by molar-refractivity contribution is 0.415. The summed E-state index contributed by atoms with van der Waals surface area (Å²) >= 11 is 6.09. The molecule has 0 atom stereocenters. The number of rotatable bonds is 5. The number of ether oxygens (including phenoxy) is 1. The van der Waals surface area contributed by atoms with Crippen molar-refractivity contribution in [3.63, 3.8) is 0 Å². The number of hydrogen-bond donors (Lipinski definition) is 2. The first-order valence-electron chi connectivity index (χ1n) is 6.42. The zero-order chi connectivity index (χ0) is 14.5. The molecule has 2 aromatic rings. The van der Waals surface area contributed by atoms with Crippen LogP contribution in [0.4, 0.5) is 0 Å². The maximum absolute atomic E-state index is 12.0. The first-order chi connectivity index (χ1) is 9.65. The molecule has 0 radical (unpaired) electrons. The van der Waals surface area contributed by atoms with Crippen molar-refractivity contribution in [2.45, 2.75) is 13.5 Å². The molecule has 0 aliphatic carbocycles. The van der Waals surface area contributed by atoms with Gasteiger partial charge in [0, 0.05) is 17.8 Å². The van der Waals surface area contributed by atoms with Crippen LogP contribution in [0.1, 0.15) is 12.5 Å². The van der Waals surface area contributed by atoms with E-state index in [1.165, 1.54) is 0 Å². The van der Waals surface area contributed by atoms with Gasteiger partial charge in [0.25, 0.3) is 5.56 Å². The minimum atomic E-state index is -0.0876. The molecule has 0 spiro atoms. The summed E-state index contributed by atoms with van der Waals surface area (Å²) in [5.74, 6) is 0.613. The average Bonchev–Trinajstić information content (AvgIpc) is 2.46. The van der Waals surface area contributed by atoms with E-state index in [0.717, 1.165) is 23.4 Å². The Morgan fingerprint density at radius 3 is 2.70 bits per heavy atom. The smallest absolute Gasteiger partial charge is 0.252 e. The number of hydrogen-bond acceptors (Lipinski definition) is 3. The number of benzene rings is 1. The van der Waals surface area contributed by atoms with Gasteiger partial charge in [-0.05, 0) is 36.4 Å². The molecule has 0 bridgehead atoms. The van der Waals surface area contributed by atoms with Gasteiger partial charge in [-0.15, -0.1) is 0 Å². The minimum Gasteiger partial charge on any atom is -0.495 e. The van der Waals surface area contributed by atoms with E-state index in [4.69, 9.17) is 16.3 Å². The number of methoxy groups -OCH3 is 1. The maximum Gasteiger partial charge on any atom is 0.252 e. The third kappa shape index (κ3) is 3.21. The third-order valence-electron chi connectivity index (χ3n) is 3.02. The van der Waals surface area contributed by atoms with Gasteiger partial charge in [-0.2, -0.15) is 0 Å². The molecular weight excluding hydrogens is 276 g/mol. The first-order valence-corrected chi connectivity index (χ1v) is 6.80. The fraction of sp³-hybridized carbons (Fsp3) is 0.267. The van der Waals surface area contributed by atoms with E-state index in [-0.39, 0.29) is 5.56 Å². The van der Waals surface area contributed by atoms with Crippen LogP contribution in [0.2, 0.25) is 5.02 Å². The molecule has 0 saturated heterocycles. The van der Waals surface area contributed by atoms with Crippen LogP contribution in [0.3, 0.4) is 0 Å². The summed E-state index contributed by atoms with van der Waals surface area (Å²) in [7, 11) is 1.57. The largest absolute Gasteiger partial charge is 0.495 e. The van der Waals surface area contributed by atoms with E-state index < -0.39 is 0 Å². The van der Waals surface area contributed by atoms with Crippen molar-refractivity contribution in [3.05, 3.63) is 51.3 Å². The summed E-state index contributed by atoms with van der Waals surface area (Å²) in [6.07, 6.45) is 0. The van der Waals surface area contributed by atoms with E-state index >= 15 is 0 Å². The summed E-state index contributed by atoms with van der Waals surface area (Å²) in [6, 6.07) is 9.12. The Bertz CT molecular complexity index is 653. The second kappa shape index (κ2) is 6.59. The molecule has 0 saturated carbocycles. The third-order valence-corrected chi connectivity index (χ3v) is 3.31. The molecule has 0 aliphatic heterocycles. The molecule has 1 aromatic carbocycles. The van der Waals surface area contributed by atoms with Crippen molar-refractivity contribution < 1.29 is 4.74 Å². The lowest BCUT2D eigenvalue weighted by Crippen LogP contribution is -2.20. The Morgan fingerprint density at radius 1 is 1.30 bits per heavy atom. The summed E-state index contributed by atoms with van der Waals surface area (Å²) in [5.41, 5.74) is 2.22. The summed E-state index contributed by atoms with van der Waals surface area (Å²) in [5, 5.41) is 3.65. The Morgan fingerprint density at radius 2 is 2.10 bits per heavy atom. The maximum atomic E-state index is 12.0.